The summed E-state index contributed by atoms with van der Waals surface area (Å²) in [6, 6.07) is 52.0. The summed E-state index contributed by atoms with van der Waals surface area (Å²) in [6.07, 6.45) is 7.01. The first-order valence-corrected chi connectivity index (χ1v) is 34.5. The Kier molecular flexibility index (Phi) is 21.7. The van der Waals surface area contributed by atoms with Crippen molar-refractivity contribution in [1.82, 2.24) is 0 Å². The first-order valence-electron chi connectivity index (χ1n) is 27.2. The van der Waals surface area contributed by atoms with Crippen LogP contribution in [0.3, 0.4) is 0 Å². The van der Waals surface area contributed by atoms with E-state index in [0.29, 0.717) is 35.5 Å². The first kappa shape index (κ1) is 57.5. The molecular formula is C68H81Cl2SiZr-3. The van der Waals surface area contributed by atoms with Gasteiger partial charge in [-0.05, 0) is 81.7 Å². The van der Waals surface area contributed by atoms with Crippen molar-refractivity contribution in [2.75, 3.05) is 0 Å². The fourth-order valence-corrected chi connectivity index (χ4v) is 11.4. The van der Waals surface area contributed by atoms with Crippen molar-refractivity contribution in [2.45, 2.75) is 171 Å². The maximum atomic E-state index is 4.93. The number of rotatable bonds is 14. The standard InChI is InChI=1S/2C28H37.C12H7Si.2ClH.Zr/c2*1-8-10-21-11-12-22-13-25(20(7)9-2)17-27(22)28(21)26-15-23(18(3)4)14-24(16-26)19(5)6;1-3-7-11-9(5-1)10-6-2-4-8-12(10)13-11;;;/h2*11-20H,8-10H2,1-7H3;1-7H;2*1H;/q3*-1;;;+2/p-2. The molecule has 0 spiro atoms. The van der Waals surface area contributed by atoms with E-state index in [1.54, 1.807) is 0 Å². The minimum absolute atomic E-state index is 0.543. The molecule has 2 radical (unpaired) electrons. The first-order chi connectivity index (χ1) is 34.6. The van der Waals surface area contributed by atoms with Crippen LogP contribution in [0.15, 0.2) is 127 Å². The molecule has 1 aliphatic rings. The van der Waals surface area contributed by atoms with Gasteiger partial charge in [0.25, 0.3) is 0 Å². The molecule has 0 fully saturated rings. The normalized spacial score (nSPS) is 12.6. The monoisotopic (exact) mass is 1090 g/mol. The number of benzene rings is 6. The van der Waals surface area contributed by atoms with Crippen LogP contribution in [-0.2, 0) is 33.7 Å². The molecule has 9 rings (SSSR count). The number of hydrogen-bond acceptors (Lipinski definition) is 0. The Labute approximate surface area is 458 Å². The smallest absolute Gasteiger partial charge is 0.0920 e. The van der Waals surface area contributed by atoms with Crippen molar-refractivity contribution in [3.05, 3.63) is 178 Å². The van der Waals surface area contributed by atoms with E-state index in [1.807, 2.05) is 6.07 Å². The largest absolute Gasteiger partial charge is 0.184 e. The van der Waals surface area contributed by atoms with E-state index >= 15 is 0 Å². The van der Waals surface area contributed by atoms with Crippen LogP contribution in [-0.4, -0.2) is 9.52 Å². The molecule has 1 aliphatic heterocycles. The molecule has 0 amide bonds. The second kappa shape index (κ2) is 27.1. The average molecular weight is 1090 g/mol. The molecule has 4 heteroatoms. The zero-order valence-electron chi connectivity index (χ0n) is 46.1. The molecule has 0 nitrogen and oxygen atoms in total. The van der Waals surface area contributed by atoms with Gasteiger partial charge in [0, 0.05) is 0 Å². The molecule has 1 heterocycles. The number of aryl methyl sites for hydroxylation is 2. The van der Waals surface area contributed by atoms with Crippen molar-refractivity contribution in [3.63, 3.8) is 0 Å². The Balaban J connectivity index is 0.000000181. The molecule has 2 atom stereocenters. The quantitative estimate of drug-likeness (QED) is 0.0752. The van der Waals surface area contributed by atoms with Gasteiger partial charge in [0.1, 0.15) is 0 Å². The van der Waals surface area contributed by atoms with Crippen LogP contribution in [0.2, 0.25) is 0 Å². The summed E-state index contributed by atoms with van der Waals surface area (Å²) in [5.41, 5.74) is 20.3. The Morgan fingerprint density at radius 2 is 0.903 bits per heavy atom. The van der Waals surface area contributed by atoms with Crippen LogP contribution in [0.4, 0.5) is 0 Å². The van der Waals surface area contributed by atoms with Crippen LogP contribution >= 0.6 is 17.0 Å². The third kappa shape index (κ3) is 13.9. The van der Waals surface area contributed by atoms with Crippen LogP contribution in [0.5, 0.6) is 0 Å². The molecule has 378 valence electrons. The zero-order chi connectivity index (χ0) is 52.2. The van der Waals surface area contributed by atoms with Gasteiger partial charge in [0.15, 0.2) is 0 Å². The van der Waals surface area contributed by atoms with Crippen molar-refractivity contribution < 1.29 is 20.8 Å². The summed E-state index contributed by atoms with van der Waals surface area (Å²) in [7, 11) is 10.7. The summed E-state index contributed by atoms with van der Waals surface area (Å²) in [4.78, 5) is 0. The molecule has 8 aromatic rings. The van der Waals surface area contributed by atoms with Crippen LogP contribution in [0, 0.1) is 6.07 Å². The average Bonchev–Trinajstić information content (AvgIpc) is 4.12. The van der Waals surface area contributed by atoms with E-state index in [0.717, 1.165) is 22.4 Å². The molecule has 0 aromatic heterocycles. The Hall–Kier alpha value is -3.78. The zero-order valence-corrected chi connectivity index (χ0v) is 51.1. The minimum atomic E-state index is -0.826. The van der Waals surface area contributed by atoms with Crippen molar-refractivity contribution in [3.8, 4) is 33.4 Å². The fraction of sp³-hybridized carbons (Fsp3) is 0.382. The maximum absolute atomic E-state index is 4.93. The molecule has 0 saturated heterocycles. The Bertz CT molecular complexity index is 2740. The predicted molar refractivity (Wildman–Crippen MR) is 319 cm³/mol. The fourth-order valence-electron chi connectivity index (χ4n) is 10.1. The SMILES string of the molecule is CCCc1ccc2[cH-]c(C(C)CC)cc2c1-c1cc(C(C)C)cc(C(C)C)c1.CCCc1ccc2[cH-]c(C(C)CC)cc2c1-c1cc(C(C)C)cc(C(C)C)c1.[Cl][Zr][Cl].[c-]1cccc2c1[Si]c1ccccc1-2. The Morgan fingerprint density at radius 1 is 0.500 bits per heavy atom. The van der Waals surface area contributed by atoms with Crippen molar-refractivity contribution >= 4 is 58.5 Å². The van der Waals surface area contributed by atoms with E-state index in [-0.39, 0.29) is 0 Å². The van der Waals surface area contributed by atoms with Gasteiger partial charge in [-0.15, -0.1) is 74.6 Å². The predicted octanol–water partition coefficient (Wildman–Crippen LogP) is 20.4. The van der Waals surface area contributed by atoms with Gasteiger partial charge >= 0.3 is 37.9 Å². The van der Waals surface area contributed by atoms with Gasteiger partial charge < -0.3 is 0 Å². The number of hydrogen-bond donors (Lipinski definition) is 0. The van der Waals surface area contributed by atoms with Crippen molar-refractivity contribution in [1.29, 1.82) is 0 Å². The molecule has 0 aliphatic carbocycles. The van der Waals surface area contributed by atoms with E-state index in [4.69, 9.17) is 17.0 Å². The second-order valence-corrected chi connectivity index (χ2v) is 26.5. The summed E-state index contributed by atoms with van der Waals surface area (Å²) in [6.45, 7) is 32.3. The van der Waals surface area contributed by atoms with Gasteiger partial charge in [-0.2, -0.15) is 41.6 Å². The van der Waals surface area contributed by atoms with E-state index in [1.165, 1.54) is 135 Å². The topological polar surface area (TPSA) is 0 Å². The molecule has 0 N–H and O–H groups in total. The summed E-state index contributed by atoms with van der Waals surface area (Å²) < 4.78 is 0. The Morgan fingerprint density at radius 3 is 1.29 bits per heavy atom. The molecule has 0 bridgehead atoms. The summed E-state index contributed by atoms with van der Waals surface area (Å²) in [5, 5.41) is 8.50. The van der Waals surface area contributed by atoms with Crippen molar-refractivity contribution in [2.24, 2.45) is 0 Å². The molecule has 72 heavy (non-hydrogen) atoms. The van der Waals surface area contributed by atoms with E-state index in [2.05, 4.69) is 224 Å². The molecule has 8 aromatic carbocycles. The van der Waals surface area contributed by atoms with Gasteiger partial charge in [-0.1, -0.05) is 216 Å². The number of halogens is 2. The van der Waals surface area contributed by atoms with Crippen LogP contribution in [0.1, 0.15) is 203 Å². The van der Waals surface area contributed by atoms with Gasteiger partial charge in [-0.25, -0.2) is 0 Å². The number of fused-ring (bicyclic) bond motifs is 5. The van der Waals surface area contributed by atoms with Crippen LogP contribution in [0.25, 0.3) is 54.9 Å². The second-order valence-electron chi connectivity index (χ2n) is 21.5. The maximum Gasteiger partial charge on any atom is 0.0920 e. The third-order valence-corrected chi connectivity index (χ3v) is 16.3. The minimum Gasteiger partial charge on any atom is -0.184 e. The van der Waals surface area contributed by atoms with E-state index < -0.39 is 20.8 Å². The molecule has 0 saturated carbocycles. The molecule has 2 unspecified atom stereocenters. The summed E-state index contributed by atoms with van der Waals surface area (Å²) >= 11 is -0.826. The van der Waals surface area contributed by atoms with Crippen LogP contribution < -0.4 is 10.4 Å². The van der Waals surface area contributed by atoms with E-state index in [9.17, 15) is 0 Å². The van der Waals surface area contributed by atoms with Gasteiger partial charge in [0.2, 0.25) is 0 Å². The van der Waals surface area contributed by atoms with Gasteiger partial charge in [-0.3, -0.25) is 0 Å². The summed E-state index contributed by atoms with van der Waals surface area (Å²) in [5.74, 6) is 3.40. The van der Waals surface area contributed by atoms with Gasteiger partial charge in [0.05, 0.1) is 9.52 Å². The third-order valence-electron chi connectivity index (χ3n) is 14.9. The molecular weight excluding hydrogens is 1010 g/mol.